The highest BCUT2D eigenvalue weighted by Crippen LogP contribution is 2.34. The molecule has 1 aliphatic heterocycles. The molecule has 0 atom stereocenters. The molecule has 0 bridgehead atoms. The third-order valence-electron chi connectivity index (χ3n) is 9.39. The minimum atomic E-state index is 0.327. The topological polar surface area (TPSA) is 106 Å². The predicted molar refractivity (Wildman–Crippen MR) is 165 cm³/mol. The lowest BCUT2D eigenvalue weighted by Gasteiger charge is -2.32. The summed E-state index contributed by atoms with van der Waals surface area (Å²) in [6.07, 6.45) is 17.3. The number of fused-ring (bicyclic) bond motifs is 1. The second-order valence-corrected chi connectivity index (χ2v) is 12.5. The number of hydrazine groups is 1. The summed E-state index contributed by atoms with van der Waals surface area (Å²) in [6.45, 7) is 3.60. The van der Waals surface area contributed by atoms with Crippen molar-refractivity contribution in [2.24, 2.45) is 11.7 Å². The van der Waals surface area contributed by atoms with Gasteiger partial charge in [0.15, 0.2) is 17.0 Å². The molecule has 0 spiro atoms. The molecular formula is C32H48N8O. The summed E-state index contributed by atoms with van der Waals surface area (Å²) in [5.41, 5.74) is 12.9. The zero-order valence-electron chi connectivity index (χ0n) is 24.5. The summed E-state index contributed by atoms with van der Waals surface area (Å²) in [4.78, 5) is 14.8. The maximum atomic E-state index is 6.15. The highest BCUT2D eigenvalue weighted by atomic mass is 16.5. The lowest BCUT2D eigenvalue weighted by molar-refractivity contribution is 0.114. The van der Waals surface area contributed by atoms with Crippen molar-refractivity contribution in [1.82, 2.24) is 24.5 Å². The Labute approximate surface area is 244 Å². The van der Waals surface area contributed by atoms with Crippen molar-refractivity contribution in [1.29, 1.82) is 0 Å². The number of rotatable bonds is 12. The third-order valence-corrected chi connectivity index (χ3v) is 9.39. The summed E-state index contributed by atoms with van der Waals surface area (Å²) >= 11 is 0. The fraction of sp³-hybridized carbons (Fsp3) is 0.656. The fourth-order valence-electron chi connectivity index (χ4n) is 6.84. The van der Waals surface area contributed by atoms with Crippen LogP contribution in [0.2, 0.25) is 0 Å². The third kappa shape index (κ3) is 7.56. The number of nitrogens with one attached hydrogen (secondary N) is 2. The van der Waals surface area contributed by atoms with Crippen molar-refractivity contribution in [2.75, 3.05) is 30.4 Å². The molecule has 2 saturated carbocycles. The average molecular weight is 561 g/mol. The zero-order valence-corrected chi connectivity index (χ0v) is 24.5. The van der Waals surface area contributed by atoms with E-state index in [1.807, 2.05) is 12.4 Å². The number of hydrogen-bond acceptors (Lipinski definition) is 8. The van der Waals surface area contributed by atoms with Crippen LogP contribution >= 0.6 is 0 Å². The van der Waals surface area contributed by atoms with E-state index < -0.39 is 0 Å². The van der Waals surface area contributed by atoms with E-state index in [2.05, 4.69) is 44.6 Å². The van der Waals surface area contributed by atoms with Gasteiger partial charge in [-0.25, -0.2) is 9.99 Å². The fourth-order valence-corrected chi connectivity index (χ4v) is 6.84. The van der Waals surface area contributed by atoms with Gasteiger partial charge in [-0.3, -0.25) is 0 Å². The van der Waals surface area contributed by atoms with E-state index in [9.17, 15) is 0 Å². The van der Waals surface area contributed by atoms with E-state index in [0.717, 1.165) is 74.7 Å². The molecule has 1 saturated heterocycles. The van der Waals surface area contributed by atoms with Gasteiger partial charge in [-0.2, -0.15) is 9.97 Å². The Morgan fingerprint density at radius 2 is 1.68 bits per heavy atom. The highest BCUT2D eigenvalue weighted by molar-refractivity contribution is 5.84. The van der Waals surface area contributed by atoms with Crippen LogP contribution < -0.4 is 16.5 Å². The van der Waals surface area contributed by atoms with Crippen LogP contribution in [0.3, 0.4) is 0 Å². The van der Waals surface area contributed by atoms with Crippen LogP contribution in [0.25, 0.3) is 11.2 Å². The van der Waals surface area contributed by atoms with Crippen LogP contribution in [0, 0.1) is 5.92 Å². The first-order chi connectivity index (χ1) is 20.2. The first-order valence-corrected chi connectivity index (χ1v) is 16.1. The Morgan fingerprint density at radius 1 is 0.902 bits per heavy atom. The first-order valence-electron chi connectivity index (χ1n) is 16.1. The van der Waals surface area contributed by atoms with Crippen LogP contribution in [0.4, 0.5) is 11.8 Å². The van der Waals surface area contributed by atoms with Gasteiger partial charge < -0.3 is 25.8 Å². The molecule has 3 aromatic rings. The smallest absolute Gasteiger partial charge is 0.227 e. The lowest BCUT2D eigenvalue weighted by Crippen LogP contribution is -2.38. The number of piperidine rings is 1. The number of anilines is 2. The molecule has 3 aliphatic rings. The quantitative estimate of drug-likeness (QED) is 0.230. The van der Waals surface area contributed by atoms with Crippen LogP contribution in [-0.4, -0.2) is 56.3 Å². The van der Waals surface area contributed by atoms with E-state index >= 15 is 0 Å². The molecule has 9 nitrogen and oxygen atoms in total. The molecule has 222 valence electrons. The second-order valence-electron chi connectivity index (χ2n) is 12.5. The number of hydrogen-bond donors (Lipinski definition) is 3. The minimum absolute atomic E-state index is 0.327. The lowest BCUT2D eigenvalue weighted by atomic mass is 9.92. The molecule has 0 unspecified atom stereocenters. The predicted octanol–water partition coefficient (Wildman–Crippen LogP) is 6.05. The molecule has 3 fully saturated rings. The van der Waals surface area contributed by atoms with Crippen molar-refractivity contribution in [3.63, 3.8) is 0 Å². The number of imidazole rings is 1. The highest BCUT2D eigenvalue weighted by Gasteiger charge is 2.25. The van der Waals surface area contributed by atoms with Gasteiger partial charge in [0.25, 0.3) is 0 Å². The van der Waals surface area contributed by atoms with Gasteiger partial charge in [0.1, 0.15) is 0 Å². The van der Waals surface area contributed by atoms with Gasteiger partial charge in [0.2, 0.25) is 5.95 Å². The van der Waals surface area contributed by atoms with Gasteiger partial charge in [-0.15, -0.1) is 0 Å². The Bertz CT molecular complexity index is 1210. The summed E-state index contributed by atoms with van der Waals surface area (Å²) < 4.78 is 8.17. The van der Waals surface area contributed by atoms with Gasteiger partial charge in [0.05, 0.1) is 12.9 Å². The summed E-state index contributed by atoms with van der Waals surface area (Å²) in [5.74, 6) is 2.32. The Morgan fingerprint density at radius 3 is 2.46 bits per heavy atom. The van der Waals surface area contributed by atoms with Gasteiger partial charge in [-0.1, -0.05) is 56.0 Å². The maximum absolute atomic E-state index is 6.15. The standard InChI is InChI=1S/C32H48N8O/c33-26-13-15-27(16-14-26)35-32-36-30(29-31(37-32)40(23-34-29)28-11-4-5-12-28)38-39-19-17-24(18-20-39)8-6-7-21-41-22-25-9-2-1-3-10-25/h1-3,9-10,23-24,26-28H,4-8,11-22,33H2,(H2,35,36,37,38)/t26-,27-. The number of nitrogens with zero attached hydrogens (tertiary/aromatic N) is 5. The van der Waals surface area contributed by atoms with E-state index in [-0.39, 0.29) is 0 Å². The summed E-state index contributed by atoms with van der Waals surface area (Å²) in [6, 6.07) is 11.6. The van der Waals surface area contributed by atoms with Crippen LogP contribution in [0.1, 0.15) is 95.1 Å². The van der Waals surface area contributed by atoms with Crippen LogP contribution in [-0.2, 0) is 11.3 Å². The Hall–Kier alpha value is -2.75. The summed E-state index contributed by atoms with van der Waals surface area (Å²) in [5, 5.41) is 5.98. The molecule has 3 heterocycles. The molecule has 2 aliphatic carbocycles. The number of nitrogens with two attached hydrogens (primary N) is 1. The number of aromatic nitrogens is 4. The van der Waals surface area contributed by atoms with E-state index in [0.29, 0.717) is 30.7 Å². The monoisotopic (exact) mass is 560 g/mol. The van der Waals surface area contributed by atoms with E-state index in [4.69, 9.17) is 25.4 Å². The molecule has 2 aromatic heterocycles. The van der Waals surface area contributed by atoms with E-state index in [1.54, 1.807) is 0 Å². The van der Waals surface area contributed by atoms with Crippen molar-refractivity contribution in [2.45, 2.75) is 108 Å². The summed E-state index contributed by atoms with van der Waals surface area (Å²) in [7, 11) is 0. The van der Waals surface area contributed by atoms with E-state index in [1.165, 1.54) is 56.9 Å². The largest absolute Gasteiger partial charge is 0.377 e. The SMILES string of the molecule is N[C@H]1CC[C@H](Nc2nc(NN3CCC(CCCCOCc4ccccc4)CC3)c3ncn(C4CCCC4)c3n2)CC1. The number of benzene rings is 1. The molecule has 9 heteroatoms. The van der Waals surface area contributed by atoms with Gasteiger partial charge in [0, 0.05) is 37.8 Å². The van der Waals surface area contributed by atoms with Crippen molar-refractivity contribution in [3.8, 4) is 0 Å². The average Bonchev–Trinajstić information content (AvgIpc) is 3.68. The van der Waals surface area contributed by atoms with Crippen molar-refractivity contribution < 1.29 is 4.74 Å². The molecule has 0 amide bonds. The van der Waals surface area contributed by atoms with Crippen molar-refractivity contribution in [3.05, 3.63) is 42.2 Å². The molecule has 4 N–H and O–H groups in total. The van der Waals surface area contributed by atoms with Crippen LogP contribution in [0.15, 0.2) is 36.7 Å². The zero-order chi connectivity index (χ0) is 27.9. The molecule has 1 aromatic carbocycles. The Kier molecular flexibility index (Phi) is 9.65. The minimum Gasteiger partial charge on any atom is -0.377 e. The van der Waals surface area contributed by atoms with Crippen molar-refractivity contribution >= 4 is 22.9 Å². The maximum Gasteiger partial charge on any atom is 0.227 e. The first kappa shape index (κ1) is 28.4. The normalized spacial score (nSPS) is 22.9. The van der Waals surface area contributed by atoms with Gasteiger partial charge in [-0.05, 0) is 69.3 Å². The molecule has 6 rings (SSSR count). The number of ether oxygens (including phenoxy) is 1. The number of unbranched alkanes of at least 4 members (excludes halogenated alkanes) is 1. The molecular weight excluding hydrogens is 512 g/mol. The molecule has 41 heavy (non-hydrogen) atoms. The Balaban J connectivity index is 1.02. The van der Waals surface area contributed by atoms with Crippen LogP contribution in [0.5, 0.6) is 0 Å². The molecule has 0 radical (unpaired) electrons. The second kappa shape index (κ2) is 13.9. The van der Waals surface area contributed by atoms with Gasteiger partial charge >= 0.3 is 0 Å².